The maximum absolute atomic E-state index is 11.9. The third-order valence-electron chi connectivity index (χ3n) is 5.32. The predicted octanol–water partition coefficient (Wildman–Crippen LogP) is 0.129. The Morgan fingerprint density at radius 3 is 2.82 bits per heavy atom. The van der Waals surface area contributed by atoms with Crippen LogP contribution in [0, 0.1) is 0 Å². The molecule has 1 aliphatic heterocycles. The number of nitrogens with one attached hydrogen (secondary N) is 1. The van der Waals surface area contributed by atoms with Crippen LogP contribution in [-0.2, 0) is 41.5 Å². The fourth-order valence-electron chi connectivity index (χ4n) is 3.57. The predicted molar refractivity (Wildman–Crippen MR) is 115 cm³/mol. The Labute approximate surface area is 193 Å². The SMILES string of the molecule is COCCOCCn1cc(CCCCCCOC2(C(=O)O)OCCCC2NC(=O)CO)nn1. The van der Waals surface area contributed by atoms with Crippen LogP contribution in [0.4, 0.5) is 0 Å². The van der Waals surface area contributed by atoms with Crippen molar-refractivity contribution in [1.29, 1.82) is 0 Å². The first-order valence-corrected chi connectivity index (χ1v) is 11.4. The highest BCUT2D eigenvalue weighted by Gasteiger charge is 2.51. The molecule has 12 nitrogen and oxygen atoms in total. The molecule has 0 bridgehead atoms. The van der Waals surface area contributed by atoms with E-state index in [1.165, 1.54) is 0 Å². The number of carboxylic acids is 1. The average molecular weight is 473 g/mol. The lowest BCUT2D eigenvalue weighted by atomic mass is 9.98. The minimum atomic E-state index is -1.92. The van der Waals surface area contributed by atoms with Gasteiger partial charge in [0.1, 0.15) is 6.61 Å². The number of hydrogen-bond acceptors (Lipinski definition) is 9. The maximum Gasteiger partial charge on any atom is 0.366 e. The Hall–Kier alpha value is -2.12. The highest BCUT2D eigenvalue weighted by Crippen LogP contribution is 2.28. The number of aliphatic hydroxyl groups excluding tert-OH is 1. The van der Waals surface area contributed by atoms with Gasteiger partial charge in [-0.2, -0.15) is 0 Å². The van der Waals surface area contributed by atoms with Crippen molar-refractivity contribution in [2.45, 2.75) is 63.3 Å². The first kappa shape index (κ1) is 27.1. The molecule has 2 unspecified atom stereocenters. The van der Waals surface area contributed by atoms with E-state index in [2.05, 4.69) is 15.6 Å². The number of carboxylic acid groups (broad SMARTS) is 1. The molecule has 0 aromatic carbocycles. The zero-order chi connectivity index (χ0) is 23.9. The van der Waals surface area contributed by atoms with Crippen LogP contribution in [0.25, 0.3) is 0 Å². The summed E-state index contributed by atoms with van der Waals surface area (Å²) in [7, 11) is 1.63. The second-order valence-corrected chi connectivity index (χ2v) is 7.83. The molecule has 2 heterocycles. The number of methoxy groups -OCH3 is 1. The van der Waals surface area contributed by atoms with Crippen LogP contribution in [0.2, 0.25) is 0 Å². The minimum Gasteiger partial charge on any atom is -0.477 e. The third-order valence-corrected chi connectivity index (χ3v) is 5.32. The Kier molecular flexibility index (Phi) is 12.3. The van der Waals surface area contributed by atoms with E-state index < -0.39 is 30.3 Å². The van der Waals surface area contributed by atoms with E-state index >= 15 is 0 Å². The minimum absolute atomic E-state index is 0.192. The number of aliphatic hydroxyl groups is 1. The lowest BCUT2D eigenvalue weighted by Gasteiger charge is -2.40. The zero-order valence-corrected chi connectivity index (χ0v) is 19.2. The second kappa shape index (κ2) is 14.9. The first-order chi connectivity index (χ1) is 16.0. The van der Waals surface area contributed by atoms with Gasteiger partial charge in [-0.25, -0.2) is 9.48 Å². The van der Waals surface area contributed by atoms with Gasteiger partial charge in [-0.15, -0.1) is 5.10 Å². The van der Waals surface area contributed by atoms with Crippen molar-refractivity contribution in [2.24, 2.45) is 0 Å². The Morgan fingerprint density at radius 2 is 2.06 bits per heavy atom. The molecule has 1 aromatic rings. The van der Waals surface area contributed by atoms with Crippen molar-refractivity contribution in [1.82, 2.24) is 20.3 Å². The summed E-state index contributed by atoms with van der Waals surface area (Å²) in [6.45, 7) is 2.02. The lowest BCUT2D eigenvalue weighted by Crippen LogP contribution is -2.63. The number of ether oxygens (including phenoxy) is 4. The molecule has 188 valence electrons. The van der Waals surface area contributed by atoms with Crippen LogP contribution >= 0.6 is 0 Å². The monoisotopic (exact) mass is 472 g/mol. The van der Waals surface area contributed by atoms with E-state index in [0.29, 0.717) is 45.6 Å². The van der Waals surface area contributed by atoms with Crippen molar-refractivity contribution in [3.63, 3.8) is 0 Å². The average Bonchev–Trinajstić information content (AvgIpc) is 3.26. The molecule has 12 heteroatoms. The molecule has 3 N–H and O–H groups in total. The van der Waals surface area contributed by atoms with Gasteiger partial charge < -0.3 is 34.5 Å². The van der Waals surface area contributed by atoms with Gasteiger partial charge in [-0.1, -0.05) is 18.1 Å². The molecule has 1 aromatic heterocycles. The molecule has 1 fully saturated rings. The number of nitrogens with zero attached hydrogens (tertiary/aromatic N) is 3. The van der Waals surface area contributed by atoms with Crippen molar-refractivity contribution < 1.29 is 38.7 Å². The maximum atomic E-state index is 11.9. The molecular formula is C21H36N4O8. The number of carbonyl (C=O) groups is 2. The van der Waals surface area contributed by atoms with Gasteiger partial charge in [0.15, 0.2) is 0 Å². The number of aromatic nitrogens is 3. The summed E-state index contributed by atoms with van der Waals surface area (Å²) < 4.78 is 23.2. The summed E-state index contributed by atoms with van der Waals surface area (Å²) in [6, 6.07) is -0.851. The molecule has 0 aliphatic carbocycles. The largest absolute Gasteiger partial charge is 0.477 e. The smallest absolute Gasteiger partial charge is 0.366 e. The molecule has 33 heavy (non-hydrogen) atoms. The fraction of sp³-hybridized carbons (Fsp3) is 0.810. The number of aliphatic carboxylic acids is 1. The van der Waals surface area contributed by atoms with Crippen LogP contribution < -0.4 is 5.32 Å². The zero-order valence-electron chi connectivity index (χ0n) is 19.2. The highest BCUT2D eigenvalue weighted by molar-refractivity contribution is 5.81. The van der Waals surface area contributed by atoms with E-state index in [4.69, 9.17) is 24.1 Å². The summed E-state index contributed by atoms with van der Waals surface area (Å²) in [5, 5.41) is 29.4. The fourth-order valence-corrected chi connectivity index (χ4v) is 3.57. The number of unbranched alkanes of at least 4 members (excludes halogenated alkanes) is 3. The molecule has 1 amide bonds. The van der Waals surface area contributed by atoms with Crippen molar-refractivity contribution >= 4 is 11.9 Å². The topological polar surface area (TPSA) is 154 Å². The summed E-state index contributed by atoms with van der Waals surface area (Å²) >= 11 is 0. The van der Waals surface area contributed by atoms with Crippen molar-refractivity contribution in [2.75, 3.05) is 46.8 Å². The van der Waals surface area contributed by atoms with Crippen molar-refractivity contribution in [3.05, 3.63) is 11.9 Å². The van der Waals surface area contributed by atoms with Gasteiger partial charge in [0.05, 0.1) is 51.3 Å². The van der Waals surface area contributed by atoms with Crippen LogP contribution in [0.1, 0.15) is 44.2 Å². The van der Waals surface area contributed by atoms with E-state index in [-0.39, 0.29) is 13.2 Å². The summed E-state index contributed by atoms with van der Waals surface area (Å²) in [6.07, 6.45) is 7.10. The molecule has 2 atom stereocenters. The van der Waals surface area contributed by atoms with Crippen LogP contribution in [-0.4, -0.2) is 95.7 Å². The number of amides is 1. The van der Waals surface area contributed by atoms with Gasteiger partial charge in [-0.3, -0.25) is 4.79 Å². The molecule has 0 spiro atoms. The van der Waals surface area contributed by atoms with Gasteiger partial charge in [-0.05, 0) is 32.1 Å². The van der Waals surface area contributed by atoms with Crippen LogP contribution in [0.5, 0.6) is 0 Å². The van der Waals surface area contributed by atoms with Gasteiger partial charge >= 0.3 is 5.97 Å². The normalized spacial score (nSPS) is 20.6. The third kappa shape index (κ3) is 8.97. The highest BCUT2D eigenvalue weighted by atomic mass is 16.7. The summed E-state index contributed by atoms with van der Waals surface area (Å²) in [5.41, 5.74) is 0.922. The second-order valence-electron chi connectivity index (χ2n) is 7.83. The van der Waals surface area contributed by atoms with Crippen LogP contribution in [0.3, 0.4) is 0 Å². The summed E-state index contributed by atoms with van der Waals surface area (Å²) in [5.74, 6) is -3.86. The standard InChI is InChI=1S/C21H36N4O8/c1-30-13-14-31-12-9-25-15-17(23-24-25)7-4-2-3-5-10-32-21(20(28)29)18(8-6-11-33-21)22-19(27)16-26/h15,18,26H,2-14,16H2,1H3,(H,22,27)(H,28,29). The van der Waals surface area contributed by atoms with E-state index in [1.807, 2.05) is 6.20 Å². The summed E-state index contributed by atoms with van der Waals surface area (Å²) in [4.78, 5) is 23.5. The van der Waals surface area contributed by atoms with E-state index in [0.717, 1.165) is 31.4 Å². The Morgan fingerprint density at radius 1 is 1.24 bits per heavy atom. The number of hydrogen-bond donors (Lipinski definition) is 3. The Balaban J connectivity index is 1.65. The lowest BCUT2D eigenvalue weighted by molar-refractivity contribution is -0.268. The first-order valence-electron chi connectivity index (χ1n) is 11.4. The van der Waals surface area contributed by atoms with Gasteiger partial charge in [0, 0.05) is 13.3 Å². The molecule has 1 saturated heterocycles. The van der Waals surface area contributed by atoms with Crippen molar-refractivity contribution in [3.8, 4) is 0 Å². The molecule has 1 aliphatic rings. The van der Waals surface area contributed by atoms with E-state index in [9.17, 15) is 14.7 Å². The molecule has 0 saturated carbocycles. The molecule has 2 rings (SSSR count). The van der Waals surface area contributed by atoms with Gasteiger partial charge in [0.25, 0.3) is 5.79 Å². The number of aryl methyl sites for hydroxylation is 1. The molecular weight excluding hydrogens is 436 g/mol. The Bertz CT molecular complexity index is 716. The molecule has 0 radical (unpaired) electrons. The van der Waals surface area contributed by atoms with Gasteiger partial charge in [0.2, 0.25) is 5.91 Å². The number of rotatable bonds is 17. The number of carbonyl (C=O) groups excluding carboxylic acids is 1. The van der Waals surface area contributed by atoms with E-state index in [1.54, 1.807) is 11.8 Å². The van der Waals surface area contributed by atoms with Crippen LogP contribution in [0.15, 0.2) is 6.20 Å². The quantitative estimate of drug-likeness (QED) is 0.267.